The van der Waals surface area contributed by atoms with E-state index in [0.29, 0.717) is 31.1 Å². The van der Waals surface area contributed by atoms with Gasteiger partial charge in [-0.05, 0) is 31.2 Å². The predicted molar refractivity (Wildman–Crippen MR) is 94.6 cm³/mol. The number of amides is 2. The first-order valence-electron chi connectivity index (χ1n) is 8.93. The molecule has 1 aliphatic rings. The van der Waals surface area contributed by atoms with Crippen LogP contribution >= 0.6 is 0 Å². The number of hydrogen-bond donors (Lipinski definition) is 1. The van der Waals surface area contributed by atoms with Crippen molar-refractivity contribution >= 4 is 6.03 Å². The van der Waals surface area contributed by atoms with Gasteiger partial charge in [0.15, 0.2) is 0 Å². The first-order chi connectivity index (χ1) is 12.2. The second kappa shape index (κ2) is 8.14. The lowest BCUT2D eigenvalue weighted by atomic mass is 10.2. The van der Waals surface area contributed by atoms with Crippen LogP contribution in [0.2, 0.25) is 0 Å². The molecule has 6 heteroatoms. The zero-order valence-corrected chi connectivity index (χ0v) is 14.6. The molecule has 0 spiro atoms. The summed E-state index contributed by atoms with van der Waals surface area (Å²) in [6, 6.07) is 6.70. The van der Waals surface area contributed by atoms with Crippen LogP contribution in [-0.2, 0) is 13.1 Å². The van der Waals surface area contributed by atoms with Crippen molar-refractivity contribution < 1.29 is 9.18 Å². The van der Waals surface area contributed by atoms with E-state index in [0.717, 1.165) is 18.8 Å². The Morgan fingerprint density at radius 2 is 2.20 bits per heavy atom. The molecule has 0 unspecified atom stereocenters. The number of urea groups is 1. The molecule has 3 rings (SSSR count). The number of hydrogen-bond acceptors (Lipinski definition) is 2. The molecule has 5 nitrogen and oxygen atoms in total. The monoisotopic (exact) mass is 344 g/mol. The average molecular weight is 344 g/mol. The van der Waals surface area contributed by atoms with E-state index in [4.69, 9.17) is 0 Å². The molecule has 1 aromatic heterocycles. The van der Waals surface area contributed by atoms with E-state index in [1.54, 1.807) is 18.3 Å². The van der Waals surface area contributed by atoms with Crippen LogP contribution in [0.5, 0.6) is 0 Å². The fourth-order valence-electron chi connectivity index (χ4n) is 2.79. The molecule has 0 aliphatic heterocycles. The van der Waals surface area contributed by atoms with Gasteiger partial charge in [0, 0.05) is 31.0 Å². The summed E-state index contributed by atoms with van der Waals surface area (Å²) in [7, 11) is 0. The molecule has 1 N–H and O–H groups in total. The maximum Gasteiger partial charge on any atom is 0.317 e. The Morgan fingerprint density at radius 1 is 1.40 bits per heavy atom. The first kappa shape index (κ1) is 17.5. The molecule has 2 amide bonds. The van der Waals surface area contributed by atoms with E-state index >= 15 is 0 Å². The fraction of sp³-hybridized carbons (Fsp3) is 0.474. The summed E-state index contributed by atoms with van der Waals surface area (Å²) in [4.78, 5) is 18.7. The summed E-state index contributed by atoms with van der Waals surface area (Å²) < 4.78 is 15.8. The van der Waals surface area contributed by atoms with Gasteiger partial charge in [-0.15, -0.1) is 0 Å². The first-order valence-corrected chi connectivity index (χ1v) is 8.93. The van der Waals surface area contributed by atoms with Gasteiger partial charge >= 0.3 is 6.03 Å². The highest BCUT2D eigenvalue weighted by atomic mass is 19.1. The molecule has 134 valence electrons. The Bertz CT molecular complexity index is 711. The third kappa shape index (κ3) is 4.81. The quantitative estimate of drug-likeness (QED) is 0.798. The van der Waals surface area contributed by atoms with Crippen molar-refractivity contribution in [2.45, 2.75) is 39.3 Å². The maximum absolute atomic E-state index is 13.9. The predicted octanol–water partition coefficient (Wildman–Crippen LogP) is 3.40. The molecule has 1 fully saturated rings. The van der Waals surface area contributed by atoms with Crippen molar-refractivity contribution in [2.75, 3.05) is 13.1 Å². The van der Waals surface area contributed by atoms with Crippen LogP contribution in [0.3, 0.4) is 0 Å². The fourth-order valence-corrected chi connectivity index (χ4v) is 2.79. The van der Waals surface area contributed by atoms with Gasteiger partial charge in [-0.25, -0.2) is 14.2 Å². The zero-order chi connectivity index (χ0) is 17.6. The summed E-state index contributed by atoms with van der Waals surface area (Å²) in [5, 5.41) is 2.95. The summed E-state index contributed by atoms with van der Waals surface area (Å²) in [6.07, 6.45) is 6.81. The molecule has 1 saturated carbocycles. The molecule has 1 heterocycles. The number of benzene rings is 1. The van der Waals surface area contributed by atoms with Crippen LogP contribution in [0, 0.1) is 11.7 Å². The number of nitrogens with one attached hydrogen (secondary N) is 1. The third-order valence-electron chi connectivity index (χ3n) is 4.42. The highest BCUT2D eigenvalue weighted by Crippen LogP contribution is 2.30. The van der Waals surface area contributed by atoms with E-state index in [1.165, 1.54) is 18.9 Å². The van der Waals surface area contributed by atoms with Crippen LogP contribution in [0.4, 0.5) is 9.18 Å². The number of imidazole rings is 1. The topological polar surface area (TPSA) is 50.2 Å². The Morgan fingerprint density at radius 3 is 2.92 bits per heavy atom. The van der Waals surface area contributed by atoms with Crippen LogP contribution < -0.4 is 5.32 Å². The minimum atomic E-state index is -0.224. The number of carbonyl (C=O) groups is 1. The molecule has 0 saturated heterocycles. The smallest absolute Gasteiger partial charge is 0.317 e. The van der Waals surface area contributed by atoms with Crippen molar-refractivity contribution in [3.8, 4) is 0 Å². The minimum Gasteiger partial charge on any atom is -0.338 e. The molecule has 2 aromatic rings. The van der Waals surface area contributed by atoms with Crippen molar-refractivity contribution in [1.29, 1.82) is 0 Å². The Kier molecular flexibility index (Phi) is 5.68. The van der Waals surface area contributed by atoms with Gasteiger partial charge in [0.05, 0.1) is 13.1 Å². The maximum atomic E-state index is 13.9. The summed E-state index contributed by atoms with van der Waals surface area (Å²) in [6.45, 7) is 4.31. The van der Waals surface area contributed by atoms with E-state index < -0.39 is 0 Å². The Hall–Kier alpha value is -2.37. The second-order valence-electron chi connectivity index (χ2n) is 6.62. The van der Waals surface area contributed by atoms with Crippen LogP contribution in [0.25, 0.3) is 0 Å². The molecular formula is C19H25FN4O. The molecule has 1 aliphatic carbocycles. The standard InChI is InChI=1S/C19H25FN4O/c1-2-9-22-19(25)24(12-15-7-8-15)14-18-21-10-11-23(18)13-16-5-3-4-6-17(16)20/h3-6,10-11,15H,2,7-9,12-14H2,1H3,(H,22,25). The lowest BCUT2D eigenvalue weighted by molar-refractivity contribution is 0.190. The van der Waals surface area contributed by atoms with Gasteiger partial charge in [0.25, 0.3) is 0 Å². The van der Waals surface area contributed by atoms with E-state index in [1.807, 2.05) is 28.7 Å². The van der Waals surface area contributed by atoms with E-state index in [9.17, 15) is 9.18 Å². The summed E-state index contributed by atoms with van der Waals surface area (Å²) >= 11 is 0. The highest BCUT2D eigenvalue weighted by molar-refractivity contribution is 5.74. The van der Waals surface area contributed by atoms with Crippen LogP contribution in [-0.4, -0.2) is 33.6 Å². The van der Waals surface area contributed by atoms with E-state index in [2.05, 4.69) is 10.3 Å². The molecule has 1 aromatic carbocycles. The van der Waals surface area contributed by atoms with Crippen molar-refractivity contribution in [3.05, 3.63) is 53.9 Å². The third-order valence-corrected chi connectivity index (χ3v) is 4.42. The summed E-state index contributed by atoms with van der Waals surface area (Å²) in [5.41, 5.74) is 0.617. The number of halogens is 1. The second-order valence-corrected chi connectivity index (χ2v) is 6.62. The van der Waals surface area contributed by atoms with Crippen molar-refractivity contribution in [3.63, 3.8) is 0 Å². The molecule has 0 bridgehead atoms. The largest absolute Gasteiger partial charge is 0.338 e. The van der Waals surface area contributed by atoms with Gasteiger partial charge < -0.3 is 14.8 Å². The zero-order valence-electron chi connectivity index (χ0n) is 14.6. The number of carbonyl (C=O) groups excluding carboxylic acids is 1. The van der Waals surface area contributed by atoms with Crippen molar-refractivity contribution in [2.24, 2.45) is 5.92 Å². The number of nitrogens with zero attached hydrogens (tertiary/aromatic N) is 3. The summed E-state index contributed by atoms with van der Waals surface area (Å²) in [5.74, 6) is 1.15. The van der Waals surface area contributed by atoms with Gasteiger partial charge in [-0.3, -0.25) is 0 Å². The van der Waals surface area contributed by atoms with Gasteiger partial charge in [0.2, 0.25) is 0 Å². The van der Waals surface area contributed by atoms with Gasteiger partial charge in [-0.2, -0.15) is 0 Å². The molecule has 0 radical (unpaired) electrons. The number of aromatic nitrogens is 2. The Balaban J connectivity index is 1.70. The van der Waals surface area contributed by atoms with Gasteiger partial charge in [-0.1, -0.05) is 25.1 Å². The SMILES string of the molecule is CCCNC(=O)N(Cc1nccn1Cc1ccccc1F)CC1CC1. The Labute approximate surface area is 147 Å². The van der Waals surface area contributed by atoms with Crippen LogP contribution in [0.1, 0.15) is 37.6 Å². The van der Waals surface area contributed by atoms with Crippen molar-refractivity contribution in [1.82, 2.24) is 19.8 Å². The average Bonchev–Trinajstić information content (AvgIpc) is 3.33. The number of rotatable bonds is 8. The van der Waals surface area contributed by atoms with Gasteiger partial charge in [0.1, 0.15) is 11.6 Å². The molecular weight excluding hydrogens is 319 g/mol. The molecule has 25 heavy (non-hydrogen) atoms. The van der Waals surface area contributed by atoms with E-state index in [-0.39, 0.29) is 11.8 Å². The normalized spacial score (nSPS) is 13.7. The highest BCUT2D eigenvalue weighted by Gasteiger charge is 2.27. The molecule has 0 atom stereocenters. The minimum absolute atomic E-state index is 0.0470. The lowest BCUT2D eigenvalue weighted by Crippen LogP contribution is -2.41. The lowest BCUT2D eigenvalue weighted by Gasteiger charge is -2.23. The van der Waals surface area contributed by atoms with Crippen LogP contribution in [0.15, 0.2) is 36.7 Å².